The molecule has 3 N–H and O–H groups in total. The third-order valence-corrected chi connectivity index (χ3v) is 6.24. The molecule has 9 nitrogen and oxygen atoms in total. The lowest BCUT2D eigenvalue weighted by Crippen LogP contribution is -2.58. The summed E-state index contributed by atoms with van der Waals surface area (Å²) in [6.07, 6.45) is 4.05. The summed E-state index contributed by atoms with van der Waals surface area (Å²) in [5, 5.41) is 16.0. The summed E-state index contributed by atoms with van der Waals surface area (Å²) in [5.41, 5.74) is 1.56. The third-order valence-electron chi connectivity index (χ3n) is 6.24. The first-order valence-corrected chi connectivity index (χ1v) is 11.9. The van der Waals surface area contributed by atoms with Gasteiger partial charge in [0.05, 0.1) is 44.4 Å². The summed E-state index contributed by atoms with van der Waals surface area (Å²) in [6, 6.07) is 8.61. The number of carbonyl (C=O) groups excluding carboxylic acids is 2. The molecule has 0 spiro atoms. The lowest BCUT2D eigenvalue weighted by atomic mass is 9.95. The molecule has 2 aliphatic rings. The number of β-amino-alcohol motifs (C(OH)–C–C–N with tert-alkyl or cyclic N) is 1. The monoisotopic (exact) mass is 486 g/mol. The number of aliphatic hydroxyl groups is 1. The Kier molecular flexibility index (Phi) is 8.62. The van der Waals surface area contributed by atoms with Crippen LogP contribution in [0.3, 0.4) is 0 Å². The van der Waals surface area contributed by atoms with Gasteiger partial charge in [0.1, 0.15) is 11.9 Å². The molecule has 0 bridgehead atoms. The van der Waals surface area contributed by atoms with Gasteiger partial charge in [0.15, 0.2) is 0 Å². The number of hydrogen-bond donors (Lipinski definition) is 3. The van der Waals surface area contributed by atoms with Gasteiger partial charge in [0.2, 0.25) is 5.91 Å². The maximum Gasteiger partial charge on any atom is 0.322 e. The number of aliphatic hydroxyl groups excluding tert-OH is 1. The van der Waals surface area contributed by atoms with E-state index in [2.05, 4.69) is 15.6 Å². The fraction of sp³-hybridized carbons (Fsp3) is 0.480. The summed E-state index contributed by atoms with van der Waals surface area (Å²) in [4.78, 5) is 31.1. The van der Waals surface area contributed by atoms with E-state index >= 15 is 0 Å². The molecule has 4 atom stereocenters. The molecule has 188 valence electrons. The summed E-state index contributed by atoms with van der Waals surface area (Å²) >= 11 is 0. The summed E-state index contributed by atoms with van der Waals surface area (Å²) in [5.74, 6) is -0.481. The fourth-order valence-corrected chi connectivity index (χ4v) is 4.48. The number of carbonyl (C=O) groups is 2. The Morgan fingerprint density at radius 3 is 2.66 bits per heavy atom. The van der Waals surface area contributed by atoms with E-state index in [4.69, 9.17) is 9.47 Å². The van der Waals surface area contributed by atoms with Gasteiger partial charge in [-0.1, -0.05) is 0 Å². The van der Waals surface area contributed by atoms with Crippen molar-refractivity contribution in [3.05, 3.63) is 60.2 Å². The van der Waals surface area contributed by atoms with Crippen molar-refractivity contribution >= 4 is 17.6 Å². The van der Waals surface area contributed by atoms with Gasteiger partial charge in [0.25, 0.3) is 0 Å². The van der Waals surface area contributed by atoms with Gasteiger partial charge in [-0.3, -0.25) is 9.78 Å². The second kappa shape index (κ2) is 12.1. The maximum atomic E-state index is 13.2. The zero-order chi connectivity index (χ0) is 24.6. The molecule has 1 aromatic heterocycles. The van der Waals surface area contributed by atoms with E-state index in [1.165, 1.54) is 24.3 Å². The van der Waals surface area contributed by atoms with Crippen LogP contribution in [0.2, 0.25) is 0 Å². The van der Waals surface area contributed by atoms with Crippen LogP contribution in [-0.2, 0) is 20.7 Å². The molecule has 0 radical (unpaired) electrons. The molecule has 4 rings (SSSR count). The predicted molar refractivity (Wildman–Crippen MR) is 126 cm³/mol. The van der Waals surface area contributed by atoms with Crippen molar-refractivity contribution in [2.45, 2.75) is 50.0 Å². The van der Waals surface area contributed by atoms with E-state index < -0.39 is 24.1 Å². The van der Waals surface area contributed by atoms with Crippen LogP contribution in [0.15, 0.2) is 48.8 Å². The normalized spacial score (nSPS) is 24.6. The number of halogens is 1. The molecule has 10 heteroatoms. The van der Waals surface area contributed by atoms with Crippen molar-refractivity contribution < 1.29 is 28.6 Å². The smallest absolute Gasteiger partial charge is 0.322 e. The number of pyridine rings is 1. The van der Waals surface area contributed by atoms with E-state index in [0.29, 0.717) is 25.1 Å². The van der Waals surface area contributed by atoms with Gasteiger partial charge in [-0.15, -0.1) is 0 Å². The number of hydrogen-bond acceptors (Lipinski definition) is 6. The first-order chi connectivity index (χ1) is 17.0. The van der Waals surface area contributed by atoms with Crippen LogP contribution >= 0.6 is 0 Å². The molecular weight excluding hydrogens is 455 g/mol. The molecule has 2 saturated heterocycles. The highest BCUT2D eigenvalue weighted by atomic mass is 19.1. The van der Waals surface area contributed by atoms with Crippen molar-refractivity contribution in [1.29, 1.82) is 0 Å². The minimum Gasteiger partial charge on any atom is -0.389 e. The Hall–Kier alpha value is -3.08. The zero-order valence-electron chi connectivity index (χ0n) is 19.4. The van der Waals surface area contributed by atoms with E-state index in [1.807, 2.05) is 12.1 Å². The molecule has 3 amide bonds. The van der Waals surface area contributed by atoms with Gasteiger partial charge in [-0.25, -0.2) is 9.18 Å². The number of rotatable bonds is 6. The number of nitrogens with zero attached hydrogens (tertiary/aromatic N) is 2. The summed E-state index contributed by atoms with van der Waals surface area (Å²) in [6.45, 7) is 0.896. The van der Waals surface area contributed by atoms with Crippen molar-refractivity contribution in [1.82, 2.24) is 15.2 Å². The lowest BCUT2D eigenvalue weighted by molar-refractivity contribution is -0.149. The Morgan fingerprint density at radius 2 is 1.89 bits per heavy atom. The number of ether oxygens (including phenoxy) is 2. The first-order valence-electron chi connectivity index (χ1n) is 11.9. The molecular formula is C25H31FN4O5. The lowest BCUT2D eigenvalue weighted by Gasteiger charge is -2.44. The highest BCUT2D eigenvalue weighted by Crippen LogP contribution is 2.28. The van der Waals surface area contributed by atoms with Gasteiger partial charge in [-0.2, -0.15) is 0 Å². The van der Waals surface area contributed by atoms with Crippen LogP contribution in [0.4, 0.5) is 14.9 Å². The van der Waals surface area contributed by atoms with Crippen LogP contribution in [0.25, 0.3) is 0 Å². The van der Waals surface area contributed by atoms with Crippen LogP contribution in [-0.4, -0.2) is 77.6 Å². The van der Waals surface area contributed by atoms with Crippen molar-refractivity contribution in [3.63, 3.8) is 0 Å². The van der Waals surface area contributed by atoms with Gasteiger partial charge in [-0.05, 0) is 61.2 Å². The van der Waals surface area contributed by atoms with Crippen molar-refractivity contribution in [2.75, 3.05) is 31.6 Å². The van der Waals surface area contributed by atoms with E-state index in [9.17, 15) is 19.1 Å². The quantitative estimate of drug-likeness (QED) is 0.577. The molecule has 0 saturated carbocycles. The van der Waals surface area contributed by atoms with Gasteiger partial charge < -0.3 is 30.1 Å². The minimum absolute atomic E-state index is 0.0765. The molecule has 1 aromatic carbocycles. The number of benzene rings is 1. The van der Waals surface area contributed by atoms with Crippen LogP contribution < -0.4 is 10.6 Å². The average molecular weight is 487 g/mol. The fourth-order valence-electron chi connectivity index (χ4n) is 4.48. The van der Waals surface area contributed by atoms with Crippen LogP contribution in [0, 0.1) is 5.82 Å². The van der Waals surface area contributed by atoms with Crippen LogP contribution in [0.1, 0.15) is 24.8 Å². The Bertz CT molecular complexity index is 978. The number of nitrogens with one attached hydrogen (secondary N) is 2. The second-order valence-electron chi connectivity index (χ2n) is 8.88. The van der Waals surface area contributed by atoms with Crippen molar-refractivity contribution in [3.8, 4) is 0 Å². The number of aromatic nitrogens is 1. The zero-order valence-corrected chi connectivity index (χ0v) is 19.4. The molecule has 0 unspecified atom stereocenters. The number of fused-ring (bicyclic) bond motifs is 1. The standard InChI is InChI=1S/C25H31FN4O5/c26-18-1-3-19(4-2-18)29-25(33)30-14-20(31)15-34-16-23-22(30)6-5-21(35-23)13-24(32)28-12-9-17-7-10-27-11-8-17/h1-4,7-8,10-11,20-23,31H,5-6,9,12-16H2,(H,28,32)(H,29,33)/t20-,21-,22+,23-/m0/s1. The highest BCUT2D eigenvalue weighted by Gasteiger charge is 2.40. The van der Waals surface area contributed by atoms with E-state index in [-0.39, 0.29) is 44.2 Å². The Balaban J connectivity index is 1.32. The number of anilines is 1. The number of amides is 3. The third kappa shape index (κ3) is 7.20. The summed E-state index contributed by atoms with van der Waals surface area (Å²) in [7, 11) is 0. The molecule has 35 heavy (non-hydrogen) atoms. The molecule has 2 fully saturated rings. The minimum atomic E-state index is -0.834. The SMILES string of the molecule is O=C(C[C@@H]1CC[C@@H]2[C@H](COC[C@@H](O)CN2C(=O)Nc2ccc(F)cc2)O1)NCCc1ccncc1. The molecule has 2 aliphatic heterocycles. The second-order valence-corrected chi connectivity index (χ2v) is 8.88. The average Bonchev–Trinajstić information content (AvgIpc) is 2.84. The number of urea groups is 1. The van der Waals surface area contributed by atoms with E-state index in [0.717, 1.165) is 12.0 Å². The molecule has 3 heterocycles. The largest absolute Gasteiger partial charge is 0.389 e. The Morgan fingerprint density at radius 1 is 1.11 bits per heavy atom. The first kappa shape index (κ1) is 25.0. The molecule has 2 aromatic rings. The predicted octanol–water partition coefficient (Wildman–Crippen LogP) is 2.11. The Labute approximate surface area is 203 Å². The highest BCUT2D eigenvalue weighted by molar-refractivity contribution is 5.89. The van der Waals surface area contributed by atoms with E-state index in [1.54, 1.807) is 17.3 Å². The molecule has 0 aliphatic carbocycles. The van der Waals surface area contributed by atoms with Crippen LogP contribution in [0.5, 0.6) is 0 Å². The van der Waals surface area contributed by atoms with Gasteiger partial charge in [0, 0.05) is 24.6 Å². The van der Waals surface area contributed by atoms with Gasteiger partial charge >= 0.3 is 6.03 Å². The summed E-state index contributed by atoms with van der Waals surface area (Å²) < 4.78 is 25.0. The topological polar surface area (TPSA) is 113 Å². The maximum absolute atomic E-state index is 13.2. The van der Waals surface area contributed by atoms with Crippen molar-refractivity contribution in [2.24, 2.45) is 0 Å².